The fraction of sp³-hybridized carbons (Fsp3) is 0. The molecule has 0 saturated carbocycles. The molecule has 1 rings (SSSR count). The van der Waals surface area contributed by atoms with Gasteiger partial charge in [0.2, 0.25) is 6.08 Å². The smallest absolute Gasteiger partial charge is 0.335 e. The zero-order valence-corrected chi connectivity index (χ0v) is 8.96. The van der Waals surface area contributed by atoms with Crippen molar-refractivity contribution in [2.75, 3.05) is 0 Å². The molecule has 0 aliphatic carbocycles. The van der Waals surface area contributed by atoms with Crippen LogP contribution in [0.2, 0.25) is 5.02 Å². The van der Waals surface area contributed by atoms with Crippen molar-refractivity contribution in [3.05, 3.63) is 27.2 Å². The van der Waals surface area contributed by atoms with Crippen molar-refractivity contribution in [3.8, 4) is 0 Å². The number of hydrogen-bond acceptors (Lipinski definition) is 3. The third kappa shape index (κ3) is 2.20. The Morgan fingerprint density at radius 3 is 2.64 bits per heavy atom. The van der Waals surface area contributed by atoms with Crippen LogP contribution >= 0.6 is 27.5 Å². The zero-order valence-electron chi connectivity index (χ0n) is 6.62. The Balaban J connectivity index is 3.39. The molecule has 0 bridgehead atoms. The molecule has 0 aliphatic rings. The fourth-order valence-corrected chi connectivity index (χ4v) is 1.77. The Morgan fingerprint density at radius 1 is 1.57 bits per heavy atom. The summed E-state index contributed by atoms with van der Waals surface area (Å²) in [6.45, 7) is 0. The minimum absolute atomic E-state index is 0.0201. The first-order chi connectivity index (χ1) is 6.56. The van der Waals surface area contributed by atoms with E-state index in [0.29, 0.717) is 4.47 Å². The van der Waals surface area contributed by atoms with Crippen LogP contribution in [0.15, 0.2) is 21.6 Å². The molecule has 1 aromatic rings. The molecule has 0 aliphatic heterocycles. The number of halogens is 2. The molecule has 0 unspecified atom stereocenters. The van der Waals surface area contributed by atoms with Gasteiger partial charge >= 0.3 is 5.97 Å². The maximum Gasteiger partial charge on any atom is 0.335 e. The van der Waals surface area contributed by atoms with Gasteiger partial charge in [-0.1, -0.05) is 11.6 Å². The van der Waals surface area contributed by atoms with Crippen LogP contribution < -0.4 is 0 Å². The van der Waals surface area contributed by atoms with Crippen LogP contribution in [-0.4, -0.2) is 17.2 Å². The lowest BCUT2D eigenvalue weighted by Crippen LogP contribution is -1.95. The molecule has 0 heterocycles. The fourth-order valence-electron chi connectivity index (χ4n) is 0.841. The third-order valence-electron chi connectivity index (χ3n) is 1.42. The average Bonchev–Trinajstić information content (AvgIpc) is 2.10. The van der Waals surface area contributed by atoms with E-state index in [1.54, 1.807) is 0 Å². The van der Waals surface area contributed by atoms with E-state index >= 15 is 0 Å². The lowest BCUT2D eigenvalue weighted by molar-refractivity contribution is 0.0697. The van der Waals surface area contributed by atoms with Crippen LogP contribution in [0.3, 0.4) is 0 Å². The van der Waals surface area contributed by atoms with Crippen LogP contribution in [0.25, 0.3) is 0 Å². The Kier molecular flexibility index (Phi) is 3.41. The van der Waals surface area contributed by atoms with Gasteiger partial charge in [0.25, 0.3) is 0 Å². The average molecular weight is 276 g/mol. The topological polar surface area (TPSA) is 66.7 Å². The van der Waals surface area contributed by atoms with E-state index in [-0.39, 0.29) is 16.3 Å². The summed E-state index contributed by atoms with van der Waals surface area (Å²) in [4.78, 5) is 23.9. The van der Waals surface area contributed by atoms with E-state index in [4.69, 9.17) is 16.7 Å². The van der Waals surface area contributed by atoms with E-state index in [1.165, 1.54) is 18.2 Å². The normalized spacial score (nSPS) is 9.29. The highest BCUT2D eigenvalue weighted by molar-refractivity contribution is 9.10. The molecule has 0 fully saturated rings. The second-order valence-corrected chi connectivity index (χ2v) is 3.56. The van der Waals surface area contributed by atoms with Crippen molar-refractivity contribution in [3.63, 3.8) is 0 Å². The van der Waals surface area contributed by atoms with Gasteiger partial charge in [0, 0.05) is 4.47 Å². The van der Waals surface area contributed by atoms with Crippen molar-refractivity contribution in [2.45, 2.75) is 0 Å². The quantitative estimate of drug-likeness (QED) is 0.667. The highest BCUT2D eigenvalue weighted by Gasteiger charge is 2.10. The Morgan fingerprint density at radius 2 is 2.21 bits per heavy atom. The second-order valence-electron chi connectivity index (χ2n) is 2.30. The standard InChI is InChI=1S/C8H3BrClNO3/c9-5-1-4(8(13)14)2-6(10)7(5)11-3-12/h1-2H,(H,13,14). The number of isocyanates is 1. The molecule has 0 radical (unpaired) electrons. The molecule has 4 nitrogen and oxygen atoms in total. The number of carbonyl (C=O) groups excluding carboxylic acids is 1. The van der Waals surface area contributed by atoms with Gasteiger partial charge < -0.3 is 5.11 Å². The number of aromatic carboxylic acids is 1. The number of rotatable bonds is 2. The van der Waals surface area contributed by atoms with Crippen molar-refractivity contribution in [2.24, 2.45) is 4.99 Å². The second kappa shape index (κ2) is 4.37. The van der Waals surface area contributed by atoms with Gasteiger partial charge in [0.15, 0.2) is 0 Å². The van der Waals surface area contributed by atoms with Gasteiger partial charge in [-0.25, -0.2) is 9.59 Å². The number of carboxylic acid groups (broad SMARTS) is 1. The van der Waals surface area contributed by atoms with Gasteiger partial charge in [-0.05, 0) is 28.1 Å². The van der Waals surface area contributed by atoms with Crippen LogP contribution in [0, 0.1) is 0 Å². The maximum absolute atomic E-state index is 10.6. The van der Waals surface area contributed by atoms with Gasteiger partial charge in [-0.3, -0.25) is 0 Å². The molecular formula is C8H3BrClNO3. The summed E-state index contributed by atoms with van der Waals surface area (Å²) in [5.41, 5.74) is 0.193. The number of benzene rings is 1. The summed E-state index contributed by atoms with van der Waals surface area (Å²) in [6.07, 6.45) is 1.33. The van der Waals surface area contributed by atoms with Crippen LogP contribution in [0.5, 0.6) is 0 Å². The highest BCUT2D eigenvalue weighted by Crippen LogP contribution is 2.34. The van der Waals surface area contributed by atoms with Crippen molar-refractivity contribution >= 4 is 45.3 Å². The molecule has 0 aromatic heterocycles. The summed E-state index contributed by atoms with van der Waals surface area (Å²) in [5, 5.41) is 8.75. The molecule has 72 valence electrons. The van der Waals surface area contributed by atoms with Crippen LogP contribution in [-0.2, 0) is 4.79 Å². The zero-order chi connectivity index (χ0) is 10.7. The number of carbonyl (C=O) groups is 1. The number of aliphatic imine (C=N–C) groups is 1. The van der Waals surface area contributed by atoms with Crippen molar-refractivity contribution in [1.29, 1.82) is 0 Å². The molecule has 0 amide bonds. The van der Waals surface area contributed by atoms with Crippen molar-refractivity contribution < 1.29 is 14.7 Å². The van der Waals surface area contributed by atoms with E-state index < -0.39 is 5.97 Å². The Labute approximate surface area is 92.3 Å². The first-order valence-electron chi connectivity index (χ1n) is 3.36. The van der Waals surface area contributed by atoms with Crippen LogP contribution in [0.1, 0.15) is 10.4 Å². The van der Waals surface area contributed by atoms with Gasteiger partial charge in [0.1, 0.15) is 5.69 Å². The number of carboxylic acids is 1. The predicted molar refractivity (Wildman–Crippen MR) is 53.9 cm³/mol. The summed E-state index contributed by atoms with van der Waals surface area (Å²) in [7, 11) is 0. The summed E-state index contributed by atoms with van der Waals surface area (Å²) < 4.78 is 0.339. The van der Waals surface area contributed by atoms with Crippen LogP contribution in [0.4, 0.5) is 5.69 Å². The molecule has 1 N–H and O–H groups in total. The maximum atomic E-state index is 10.6. The molecule has 6 heteroatoms. The first-order valence-corrected chi connectivity index (χ1v) is 4.53. The monoisotopic (exact) mass is 275 g/mol. The van der Waals surface area contributed by atoms with E-state index in [9.17, 15) is 9.59 Å². The molecule has 0 atom stereocenters. The Hall–Kier alpha value is -1.16. The van der Waals surface area contributed by atoms with E-state index in [1.807, 2.05) is 0 Å². The molecule has 0 saturated heterocycles. The summed E-state index contributed by atoms with van der Waals surface area (Å²) in [6, 6.07) is 2.52. The largest absolute Gasteiger partial charge is 0.478 e. The van der Waals surface area contributed by atoms with Gasteiger partial charge in [-0.15, -0.1) is 0 Å². The minimum Gasteiger partial charge on any atom is -0.478 e. The predicted octanol–water partition coefficient (Wildman–Crippen LogP) is 2.77. The highest BCUT2D eigenvalue weighted by atomic mass is 79.9. The number of nitrogens with zero attached hydrogens (tertiary/aromatic N) is 1. The molecule has 14 heavy (non-hydrogen) atoms. The Bertz CT molecular complexity index is 417. The number of hydrogen-bond donors (Lipinski definition) is 1. The third-order valence-corrected chi connectivity index (χ3v) is 2.31. The minimum atomic E-state index is -1.10. The van der Waals surface area contributed by atoms with E-state index in [2.05, 4.69) is 20.9 Å². The molecular weight excluding hydrogens is 273 g/mol. The lowest BCUT2D eigenvalue weighted by atomic mass is 10.2. The first kappa shape index (κ1) is 10.9. The SMILES string of the molecule is O=C=Nc1c(Cl)cc(C(=O)O)cc1Br. The van der Waals surface area contributed by atoms with Crippen molar-refractivity contribution in [1.82, 2.24) is 0 Å². The summed E-state index contributed by atoms with van der Waals surface area (Å²) in [5.74, 6) is -1.10. The molecule has 0 spiro atoms. The van der Waals surface area contributed by atoms with E-state index in [0.717, 1.165) is 0 Å². The summed E-state index contributed by atoms with van der Waals surface area (Å²) >= 11 is 8.74. The molecule has 1 aromatic carbocycles. The van der Waals surface area contributed by atoms with Gasteiger partial charge in [-0.2, -0.15) is 4.99 Å². The van der Waals surface area contributed by atoms with Gasteiger partial charge in [0.05, 0.1) is 10.6 Å². The lowest BCUT2D eigenvalue weighted by Gasteiger charge is -2.01.